The number of nitrogen functional groups attached to an aromatic ring is 2. The first-order chi connectivity index (χ1) is 8.45. The maximum atomic E-state index is 5.73. The minimum Gasteiger partial charge on any atom is -0.495 e. The highest BCUT2D eigenvalue weighted by atomic mass is 28.3. The van der Waals surface area contributed by atoms with Crippen molar-refractivity contribution < 1.29 is 4.74 Å². The molecule has 1 aromatic rings. The van der Waals surface area contributed by atoms with Crippen LogP contribution in [-0.4, -0.2) is 25.9 Å². The van der Waals surface area contributed by atoms with Crippen LogP contribution in [0.1, 0.15) is 11.4 Å². The lowest BCUT2D eigenvalue weighted by molar-refractivity contribution is 0.369. The molecule has 0 spiro atoms. The van der Waals surface area contributed by atoms with E-state index >= 15 is 0 Å². The highest BCUT2D eigenvalue weighted by Gasteiger charge is 2.11. The summed E-state index contributed by atoms with van der Waals surface area (Å²) in [5.41, 5.74) is 12.3. The van der Waals surface area contributed by atoms with Gasteiger partial charge in [-0.1, -0.05) is 25.6 Å². The van der Waals surface area contributed by atoms with Crippen LogP contribution in [0.2, 0.25) is 19.1 Å². The molecule has 0 fully saturated rings. The number of hydrogen-bond donors (Lipinski definition) is 2. The molecule has 1 aromatic heterocycles. The molecule has 96 valence electrons. The fraction of sp³-hybridized carbons (Fsp3) is 0.333. The predicted octanol–water partition coefficient (Wildman–Crippen LogP) is 1.10. The zero-order chi connectivity index (χ0) is 13.7. The Labute approximate surface area is 109 Å². The quantitative estimate of drug-likeness (QED) is 0.484. The molecule has 0 aromatic carbocycles. The van der Waals surface area contributed by atoms with Gasteiger partial charge in [-0.3, -0.25) is 0 Å². The Bertz CT molecular complexity index is 517. The number of hydrogen-bond acceptors (Lipinski definition) is 5. The number of aromatic nitrogens is 2. The molecule has 0 radical (unpaired) electrons. The number of nitrogens with two attached hydrogens (primary N) is 2. The first kappa shape index (κ1) is 14.1. The molecular weight excluding hydrogens is 244 g/mol. The number of methoxy groups -OCH3 is 1. The van der Waals surface area contributed by atoms with Gasteiger partial charge < -0.3 is 16.2 Å². The highest BCUT2D eigenvalue weighted by Crippen LogP contribution is 2.19. The molecule has 5 nitrogen and oxygen atoms in total. The van der Waals surface area contributed by atoms with Crippen LogP contribution in [0, 0.1) is 11.8 Å². The summed E-state index contributed by atoms with van der Waals surface area (Å²) in [4.78, 5) is 8.25. The Morgan fingerprint density at radius 1 is 1.33 bits per heavy atom. The summed E-state index contributed by atoms with van der Waals surface area (Å²) in [6.07, 6.45) is 0. The monoisotopic (exact) mass is 262 g/mol. The standard InChI is InChI=1S/C12H18N4OSi/c1-8(17-2)10-12(14)16-11(13)9(15-10)6-5-7-18(3)4/h18H,1,7H2,2-4H3,(H4,13,14,16). The molecule has 1 rings (SSSR count). The minimum absolute atomic E-state index is 0.197. The Hall–Kier alpha value is -2.00. The fourth-order valence-corrected chi connectivity index (χ4v) is 1.71. The van der Waals surface area contributed by atoms with Gasteiger partial charge in [0.2, 0.25) is 0 Å². The molecule has 0 aliphatic carbocycles. The summed E-state index contributed by atoms with van der Waals surface area (Å²) in [6, 6.07) is 0.909. The molecule has 0 saturated carbocycles. The lowest BCUT2D eigenvalue weighted by Gasteiger charge is -2.07. The summed E-state index contributed by atoms with van der Waals surface area (Å²) in [5, 5.41) is 0. The average molecular weight is 262 g/mol. The second-order valence-electron chi connectivity index (χ2n) is 4.22. The Balaban J connectivity index is 3.11. The molecule has 0 bridgehead atoms. The highest BCUT2D eigenvalue weighted by molar-refractivity contribution is 6.56. The molecular formula is C12H18N4OSi. The number of ether oxygens (including phenoxy) is 1. The van der Waals surface area contributed by atoms with Crippen molar-refractivity contribution in [3.63, 3.8) is 0 Å². The molecule has 4 N–H and O–H groups in total. The van der Waals surface area contributed by atoms with Crippen LogP contribution in [0.4, 0.5) is 11.6 Å². The van der Waals surface area contributed by atoms with E-state index in [1.54, 1.807) is 0 Å². The first-order valence-electron chi connectivity index (χ1n) is 5.60. The van der Waals surface area contributed by atoms with Gasteiger partial charge in [0.25, 0.3) is 0 Å². The van der Waals surface area contributed by atoms with E-state index in [0.29, 0.717) is 17.1 Å². The van der Waals surface area contributed by atoms with E-state index in [2.05, 4.69) is 41.5 Å². The van der Waals surface area contributed by atoms with Gasteiger partial charge in [0.05, 0.1) is 7.11 Å². The molecule has 0 aliphatic heterocycles. The van der Waals surface area contributed by atoms with Gasteiger partial charge in [-0.25, -0.2) is 9.97 Å². The van der Waals surface area contributed by atoms with Gasteiger partial charge in [0, 0.05) is 14.8 Å². The van der Waals surface area contributed by atoms with Gasteiger partial charge in [-0.15, -0.1) is 0 Å². The largest absolute Gasteiger partial charge is 0.495 e. The van der Waals surface area contributed by atoms with Crippen molar-refractivity contribution in [3.8, 4) is 11.8 Å². The molecule has 0 amide bonds. The van der Waals surface area contributed by atoms with E-state index in [9.17, 15) is 0 Å². The summed E-state index contributed by atoms with van der Waals surface area (Å²) in [7, 11) is 0.791. The van der Waals surface area contributed by atoms with Crippen molar-refractivity contribution in [2.45, 2.75) is 19.1 Å². The predicted molar refractivity (Wildman–Crippen MR) is 77.5 cm³/mol. The molecule has 18 heavy (non-hydrogen) atoms. The van der Waals surface area contributed by atoms with Crippen molar-refractivity contribution in [2.24, 2.45) is 0 Å². The Kier molecular flexibility index (Phi) is 4.74. The van der Waals surface area contributed by atoms with Gasteiger partial charge in [-0.2, -0.15) is 0 Å². The van der Waals surface area contributed by atoms with Crippen LogP contribution in [0.3, 0.4) is 0 Å². The maximum absolute atomic E-state index is 5.73. The molecule has 0 saturated heterocycles. The normalized spacial score (nSPS) is 9.78. The average Bonchev–Trinajstić information content (AvgIpc) is 2.30. The zero-order valence-corrected chi connectivity index (χ0v) is 12.1. The number of nitrogens with zero attached hydrogens (tertiary/aromatic N) is 2. The van der Waals surface area contributed by atoms with E-state index in [0.717, 1.165) is 6.04 Å². The van der Waals surface area contributed by atoms with Crippen LogP contribution in [0.25, 0.3) is 5.76 Å². The number of anilines is 2. The molecule has 0 aliphatic rings. The molecule has 0 atom stereocenters. The third-order valence-electron chi connectivity index (χ3n) is 2.18. The van der Waals surface area contributed by atoms with Gasteiger partial charge >= 0.3 is 0 Å². The second kappa shape index (κ2) is 6.07. The molecule has 0 unspecified atom stereocenters. The lowest BCUT2D eigenvalue weighted by Crippen LogP contribution is -2.07. The number of rotatable bonds is 3. The van der Waals surface area contributed by atoms with Crippen molar-refractivity contribution in [3.05, 3.63) is 18.0 Å². The van der Waals surface area contributed by atoms with Crippen LogP contribution in [-0.2, 0) is 4.74 Å². The lowest BCUT2D eigenvalue weighted by atomic mass is 10.3. The smallest absolute Gasteiger partial charge is 0.160 e. The minimum atomic E-state index is -0.705. The summed E-state index contributed by atoms with van der Waals surface area (Å²) < 4.78 is 5.00. The van der Waals surface area contributed by atoms with Gasteiger partial charge in [0.15, 0.2) is 17.3 Å². The van der Waals surface area contributed by atoms with Crippen LogP contribution < -0.4 is 11.5 Å². The summed E-state index contributed by atoms with van der Waals surface area (Å²) in [6.45, 7) is 8.15. The Morgan fingerprint density at radius 3 is 2.56 bits per heavy atom. The van der Waals surface area contributed by atoms with Crippen LogP contribution in [0.15, 0.2) is 6.58 Å². The van der Waals surface area contributed by atoms with Crippen molar-refractivity contribution in [1.29, 1.82) is 0 Å². The van der Waals surface area contributed by atoms with Crippen molar-refractivity contribution >= 4 is 26.2 Å². The zero-order valence-electron chi connectivity index (χ0n) is 10.9. The van der Waals surface area contributed by atoms with E-state index < -0.39 is 8.80 Å². The van der Waals surface area contributed by atoms with Crippen LogP contribution in [0.5, 0.6) is 0 Å². The third-order valence-corrected chi connectivity index (χ3v) is 3.20. The van der Waals surface area contributed by atoms with Crippen molar-refractivity contribution in [2.75, 3.05) is 18.6 Å². The second-order valence-corrected chi connectivity index (χ2v) is 7.41. The first-order valence-corrected chi connectivity index (χ1v) is 8.73. The Morgan fingerprint density at radius 2 is 2.00 bits per heavy atom. The van der Waals surface area contributed by atoms with E-state index in [4.69, 9.17) is 16.2 Å². The topological polar surface area (TPSA) is 87.0 Å². The van der Waals surface area contributed by atoms with Crippen LogP contribution >= 0.6 is 0 Å². The third kappa shape index (κ3) is 3.50. The van der Waals surface area contributed by atoms with Crippen molar-refractivity contribution in [1.82, 2.24) is 9.97 Å². The maximum Gasteiger partial charge on any atom is 0.160 e. The van der Waals surface area contributed by atoms with Gasteiger partial charge in [0.1, 0.15) is 11.5 Å². The SMILES string of the molecule is C=C(OC)c1nc(C#CC[SiH](C)C)c(N)nc1N. The molecule has 6 heteroatoms. The molecule has 1 heterocycles. The van der Waals surface area contributed by atoms with Gasteiger partial charge in [-0.05, 0) is 5.92 Å². The van der Waals surface area contributed by atoms with E-state index in [1.165, 1.54) is 7.11 Å². The van der Waals surface area contributed by atoms with E-state index in [-0.39, 0.29) is 11.6 Å². The van der Waals surface area contributed by atoms with E-state index in [1.807, 2.05) is 0 Å². The summed E-state index contributed by atoms with van der Waals surface area (Å²) >= 11 is 0. The fourth-order valence-electron chi connectivity index (χ4n) is 1.19. The summed E-state index contributed by atoms with van der Waals surface area (Å²) in [5.74, 6) is 6.77.